The van der Waals surface area contributed by atoms with E-state index in [1.807, 2.05) is 12.1 Å². The lowest BCUT2D eigenvalue weighted by Gasteiger charge is -2.22. The van der Waals surface area contributed by atoms with Gasteiger partial charge in [-0.1, -0.05) is 12.1 Å². The van der Waals surface area contributed by atoms with Crippen LogP contribution in [-0.2, 0) is 16.0 Å². The molecule has 110 valence electrons. The van der Waals surface area contributed by atoms with Crippen molar-refractivity contribution in [2.75, 3.05) is 33.4 Å². The van der Waals surface area contributed by atoms with E-state index in [-0.39, 0.29) is 12.0 Å². The second kappa shape index (κ2) is 7.87. The summed E-state index contributed by atoms with van der Waals surface area (Å²) in [6.07, 6.45) is 1.51. The van der Waals surface area contributed by atoms with Crippen LogP contribution in [0.3, 0.4) is 0 Å². The van der Waals surface area contributed by atoms with E-state index in [0.717, 1.165) is 25.1 Å². The number of benzene rings is 1. The van der Waals surface area contributed by atoms with E-state index in [0.29, 0.717) is 19.7 Å². The Labute approximate surface area is 119 Å². The van der Waals surface area contributed by atoms with Crippen molar-refractivity contribution in [1.29, 1.82) is 0 Å². The summed E-state index contributed by atoms with van der Waals surface area (Å²) in [6, 6.07) is 8.01. The maximum atomic E-state index is 11.8. The Kier molecular flexibility index (Phi) is 5.83. The van der Waals surface area contributed by atoms with Gasteiger partial charge in [0.25, 0.3) is 0 Å². The molecule has 0 spiro atoms. The Hall–Kier alpha value is -1.59. The van der Waals surface area contributed by atoms with Gasteiger partial charge in [-0.05, 0) is 30.5 Å². The minimum absolute atomic E-state index is 0.0214. The number of rotatable bonds is 6. The van der Waals surface area contributed by atoms with E-state index >= 15 is 0 Å². The van der Waals surface area contributed by atoms with Crippen molar-refractivity contribution in [3.8, 4) is 5.75 Å². The zero-order valence-corrected chi connectivity index (χ0v) is 11.9. The summed E-state index contributed by atoms with van der Waals surface area (Å²) >= 11 is 0. The Morgan fingerprint density at radius 2 is 2.25 bits per heavy atom. The Bertz CT molecular complexity index is 414. The van der Waals surface area contributed by atoms with E-state index in [9.17, 15) is 4.79 Å². The maximum absolute atomic E-state index is 11.8. The Morgan fingerprint density at radius 3 is 2.90 bits per heavy atom. The van der Waals surface area contributed by atoms with Crippen LogP contribution >= 0.6 is 0 Å². The van der Waals surface area contributed by atoms with Gasteiger partial charge in [-0.3, -0.25) is 4.79 Å². The van der Waals surface area contributed by atoms with E-state index in [4.69, 9.17) is 9.47 Å². The lowest BCUT2D eigenvalue weighted by atomic mass is 10.1. The number of hydrogen-bond donors (Lipinski definition) is 2. The largest absolute Gasteiger partial charge is 0.497 e. The number of carbonyl (C=O) groups is 1. The van der Waals surface area contributed by atoms with Gasteiger partial charge in [0.05, 0.1) is 13.7 Å². The van der Waals surface area contributed by atoms with Gasteiger partial charge in [-0.25, -0.2) is 0 Å². The fourth-order valence-electron chi connectivity index (χ4n) is 2.14. The molecule has 0 aromatic heterocycles. The van der Waals surface area contributed by atoms with Gasteiger partial charge in [-0.2, -0.15) is 0 Å². The molecule has 5 nitrogen and oxygen atoms in total. The number of amides is 1. The summed E-state index contributed by atoms with van der Waals surface area (Å²) in [5.41, 5.74) is 1.25. The topological polar surface area (TPSA) is 59.6 Å². The molecule has 1 aromatic rings. The molecule has 0 saturated carbocycles. The smallest absolute Gasteiger partial charge is 0.250 e. The molecule has 1 aromatic carbocycles. The van der Waals surface area contributed by atoms with Gasteiger partial charge in [-0.15, -0.1) is 0 Å². The molecule has 5 heteroatoms. The fourth-order valence-corrected chi connectivity index (χ4v) is 2.14. The zero-order chi connectivity index (χ0) is 14.2. The second-order valence-corrected chi connectivity index (χ2v) is 4.81. The van der Waals surface area contributed by atoms with Crippen LogP contribution in [0.5, 0.6) is 5.75 Å². The monoisotopic (exact) mass is 278 g/mol. The van der Waals surface area contributed by atoms with Gasteiger partial charge in [0.2, 0.25) is 5.91 Å². The molecule has 1 amide bonds. The minimum atomic E-state index is -0.343. The third kappa shape index (κ3) is 4.51. The third-order valence-electron chi connectivity index (χ3n) is 3.32. The number of ether oxygens (including phenoxy) is 2. The van der Waals surface area contributed by atoms with Crippen LogP contribution in [0.15, 0.2) is 24.3 Å². The quantitative estimate of drug-likeness (QED) is 0.753. The highest BCUT2D eigenvalue weighted by molar-refractivity contribution is 5.81. The molecular weight excluding hydrogens is 256 g/mol. The molecule has 1 saturated heterocycles. The van der Waals surface area contributed by atoms with Crippen LogP contribution in [0.25, 0.3) is 0 Å². The third-order valence-corrected chi connectivity index (χ3v) is 3.32. The first kappa shape index (κ1) is 14.8. The number of nitrogens with one attached hydrogen (secondary N) is 2. The van der Waals surface area contributed by atoms with Gasteiger partial charge < -0.3 is 20.1 Å². The van der Waals surface area contributed by atoms with Crippen LogP contribution in [0.4, 0.5) is 0 Å². The van der Waals surface area contributed by atoms with Gasteiger partial charge in [0.1, 0.15) is 11.9 Å². The number of aryl methyl sites for hydroxylation is 1. The summed E-state index contributed by atoms with van der Waals surface area (Å²) in [7, 11) is 1.66. The average Bonchev–Trinajstić information content (AvgIpc) is 2.53. The van der Waals surface area contributed by atoms with Gasteiger partial charge >= 0.3 is 0 Å². The van der Waals surface area contributed by atoms with Crippen molar-refractivity contribution >= 4 is 5.91 Å². The fraction of sp³-hybridized carbons (Fsp3) is 0.533. The molecule has 1 unspecified atom stereocenters. The van der Waals surface area contributed by atoms with E-state index in [2.05, 4.69) is 22.8 Å². The molecule has 1 aliphatic heterocycles. The minimum Gasteiger partial charge on any atom is -0.497 e. The highest BCUT2D eigenvalue weighted by atomic mass is 16.5. The molecule has 2 rings (SSSR count). The molecule has 0 radical (unpaired) electrons. The lowest BCUT2D eigenvalue weighted by molar-refractivity contribution is -0.134. The lowest BCUT2D eigenvalue weighted by Crippen LogP contribution is -2.48. The molecule has 1 fully saturated rings. The Morgan fingerprint density at radius 1 is 1.45 bits per heavy atom. The van der Waals surface area contributed by atoms with Crippen molar-refractivity contribution in [1.82, 2.24) is 10.6 Å². The summed E-state index contributed by atoms with van der Waals surface area (Å²) in [5, 5.41) is 6.06. The average molecular weight is 278 g/mol. The summed E-state index contributed by atoms with van der Waals surface area (Å²) in [6.45, 7) is 2.69. The predicted octanol–water partition coefficient (Wildman–Crippen LogP) is 0.732. The van der Waals surface area contributed by atoms with Gasteiger partial charge in [0.15, 0.2) is 0 Å². The van der Waals surface area contributed by atoms with Crippen molar-refractivity contribution in [3.63, 3.8) is 0 Å². The Balaban J connectivity index is 1.64. The number of morpholine rings is 1. The molecular formula is C15H22N2O3. The molecule has 1 aliphatic rings. The normalized spacial score (nSPS) is 18.6. The maximum Gasteiger partial charge on any atom is 0.250 e. The second-order valence-electron chi connectivity index (χ2n) is 4.81. The molecule has 2 N–H and O–H groups in total. The SMILES string of the molecule is COc1ccc(CCCNC(=O)C2CNCCO2)cc1. The van der Waals surface area contributed by atoms with Crippen molar-refractivity contribution in [2.24, 2.45) is 0 Å². The highest BCUT2D eigenvalue weighted by Gasteiger charge is 2.20. The van der Waals surface area contributed by atoms with Crippen LogP contribution in [0.1, 0.15) is 12.0 Å². The number of hydrogen-bond acceptors (Lipinski definition) is 4. The van der Waals surface area contributed by atoms with Crippen LogP contribution in [0, 0.1) is 0 Å². The molecule has 1 heterocycles. The zero-order valence-electron chi connectivity index (χ0n) is 11.9. The van der Waals surface area contributed by atoms with E-state index in [1.54, 1.807) is 7.11 Å². The first-order chi connectivity index (χ1) is 9.79. The van der Waals surface area contributed by atoms with E-state index in [1.165, 1.54) is 5.56 Å². The van der Waals surface area contributed by atoms with Crippen molar-refractivity contribution in [3.05, 3.63) is 29.8 Å². The van der Waals surface area contributed by atoms with Crippen molar-refractivity contribution < 1.29 is 14.3 Å². The summed E-state index contributed by atoms with van der Waals surface area (Å²) in [4.78, 5) is 11.8. The first-order valence-electron chi connectivity index (χ1n) is 7.02. The summed E-state index contributed by atoms with van der Waals surface area (Å²) in [5.74, 6) is 0.843. The molecule has 0 aliphatic carbocycles. The molecule has 1 atom stereocenters. The molecule has 20 heavy (non-hydrogen) atoms. The van der Waals surface area contributed by atoms with Crippen molar-refractivity contribution in [2.45, 2.75) is 18.9 Å². The first-order valence-corrected chi connectivity index (χ1v) is 7.02. The standard InChI is InChI=1S/C15H22N2O3/c1-19-13-6-4-12(5-7-13)3-2-8-17-15(18)14-11-16-9-10-20-14/h4-7,14,16H,2-3,8-11H2,1H3,(H,17,18). The van der Waals surface area contributed by atoms with Gasteiger partial charge in [0, 0.05) is 19.6 Å². The van der Waals surface area contributed by atoms with Crippen LogP contribution in [-0.4, -0.2) is 45.4 Å². The number of carbonyl (C=O) groups excluding carboxylic acids is 1. The van der Waals surface area contributed by atoms with E-state index < -0.39 is 0 Å². The van der Waals surface area contributed by atoms with Crippen LogP contribution in [0.2, 0.25) is 0 Å². The van der Waals surface area contributed by atoms with Crippen LogP contribution < -0.4 is 15.4 Å². The predicted molar refractivity (Wildman–Crippen MR) is 76.9 cm³/mol. The summed E-state index contributed by atoms with van der Waals surface area (Å²) < 4.78 is 10.5. The highest BCUT2D eigenvalue weighted by Crippen LogP contribution is 2.12. The number of methoxy groups -OCH3 is 1. The molecule has 0 bridgehead atoms.